The summed E-state index contributed by atoms with van der Waals surface area (Å²) in [6.45, 7) is 0. The molecule has 1 heterocycles. The molecule has 0 atom stereocenters. The van der Waals surface area contributed by atoms with Crippen molar-refractivity contribution in [1.29, 1.82) is 0 Å². The Bertz CT molecular complexity index is 798. The van der Waals surface area contributed by atoms with Crippen molar-refractivity contribution in [2.45, 2.75) is 4.90 Å². The van der Waals surface area contributed by atoms with Crippen LogP contribution in [-0.2, 0) is 4.79 Å². The average Bonchev–Trinajstić information content (AvgIpc) is 2.97. The molecule has 2 N–H and O–H groups in total. The Kier molecular flexibility index (Phi) is 4.34. The number of aromatic amines is 1. The van der Waals surface area contributed by atoms with Crippen LogP contribution in [0.3, 0.4) is 0 Å². The van der Waals surface area contributed by atoms with Crippen molar-refractivity contribution in [3.05, 3.63) is 54.7 Å². The van der Waals surface area contributed by atoms with E-state index in [1.165, 1.54) is 11.8 Å². The summed E-state index contributed by atoms with van der Waals surface area (Å²) in [7, 11) is 1.59. The molecule has 5 heteroatoms. The molecule has 0 spiro atoms. The van der Waals surface area contributed by atoms with E-state index in [0.29, 0.717) is 17.2 Å². The molecule has 0 saturated heterocycles. The van der Waals surface area contributed by atoms with Crippen LogP contribution < -0.4 is 10.1 Å². The molecule has 0 radical (unpaired) electrons. The van der Waals surface area contributed by atoms with Crippen molar-refractivity contribution in [3.8, 4) is 5.75 Å². The van der Waals surface area contributed by atoms with Crippen LogP contribution in [0.1, 0.15) is 0 Å². The van der Waals surface area contributed by atoms with E-state index >= 15 is 0 Å². The number of carbonyl (C=O) groups is 1. The largest absolute Gasteiger partial charge is 0.495 e. The number of methoxy groups -OCH3 is 1. The zero-order valence-corrected chi connectivity index (χ0v) is 12.9. The first kappa shape index (κ1) is 14.5. The van der Waals surface area contributed by atoms with Gasteiger partial charge in [0, 0.05) is 22.0 Å². The minimum absolute atomic E-state index is 0.0558. The SMILES string of the molecule is COc1ccccc1NC(=O)CSc1c[nH]c2ccccc12. The number of ether oxygens (including phenoxy) is 1. The number of aromatic nitrogens is 1. The third kappa shape index (κ3) is 3.09. The van der Waals surface area contributed by atoms with Crippen LogP contribution in [-0.4, -0.2) is 23.8 Å². The minimum atomic E-state index is -0.0558. The van der Waals surface area contributed by atoms with Crippen LogP contribution in [0.2, 0.25) is 0 Å². The Morgan fingerprint density at radius 3 is 2.82 bits per heavy atom. The van der Waals surface area contributed by atoms with Crippen molar-refractivity contribution in [2.75, 3.05) is 18.2 Å². The molecule has 1 aromatic heterocycles. The van der Waals surface area contributed by atoms with E-state index < -0.39 is 0 Å². The zero-order chi connectivity index (χ0) is 15.4. The molecule has 112 valence electrons. The van der Waals surface area contributed by atoms with E-state index in [1.54, 1.807) is 7.11 Å². The molecular formula is C17H16N2O2S. The molecule has 0 bridgehead atoms. The van der Waals surface area contributed by atoms with Gasteiger partial charge in [0.2, 0.25) is 5.91 Å². The van der Waals surface area contributed by atoms with Gasteiger partial charge in [0.1, 0.15) is 5.75 Å². The summed E-state index contributed by atoms with van der Waals surface area (Å²) >= 11 is 1.51. The second-order valence-electron chi connectivity index (χ2n) is 4.74. The normalized spacial score (nSPS) is 10.6. The fourth-order valence-corrected chi connectivity index (χ4v) is 3.08. The highest BCUT2D eigenvalue weighted by molar-refractivity contribution is 8.00. The number of para-hydroxylation sites is 3. The van der Waals surface area contributed by atoms with Gasteiger partial charge in [0.05, 0.1) is 18.6 Å². The van der Waals surface area contributed by atoms with E-state index in [1.807, 2.05) is 54.7 Å². The van der Waals surface area contributed by atoms with Crippen LogP contribution in [0.4, 0.5) is 5.69 Å². The predicted molar refractivity (Wildman–Crippen MR) is 90.6 cm³/mol. The monoisotopic (exact) mass is 312 g/mol. The van der Waals surface area contributed by atoms with Gasteiger partial charge in [-0.1, -0.05) is 30.3 Å². The lowest BCUT2D eigenvalue weighted by molar-refractivity contribution is -0.113. The Hall–Kier alpha value is -2.40. The molecule has 1 amide bonds. The number of nitrogens with one attached hydrogen (secondary N) is 2. The number of thioether (sulfide) groups is 1. The second-order valence-corrected chi connectivity index (χ2v) is 5.75. The molecule has 0 aliphatic carbocycles. The summed E-state index contributed by atoms with van der Waals surface area (Å²) in [4.78, 5) is 16.4. The zero-order valence-electron chi connectivity index (χ0n) is 12.1. The lowest BCUT2D eigenvalue weighted by Gasteiger charge is -2.09. The number of amides is 1. The third-order valence-corrected chi connectivity index (χ3v) is 4.35. The van der Waals surface area contributed by atoms with Gasteiger partial charge < -0.3 is 15.0 Å². The van der Waals surface area contributed by atoms with Gasteiger partial charge in [0.15, 0.2) is 0 Å². The first-order valence-corrected chi connectivity index (χ1v) is 7.88. The maximum absolute atomic E-state index is 12.1. The number of H-pyrrole nitrogens is 1. The summed E-state index contributed by atoms with van der Waals surface area (Å²) < 4.78 is 5.23. The number of hydrogen-bond donors (Lipinski definition) is 2. The van der Waals surface area contributed by atoms with Crippen LogP contribution in [0.25, 0.3) is 10.9 Å². The maximum Gasteiger partial charge on any atom is 0.234 e. The number of fused-ring (bicyclic) bond motifs is 1. The lowest BCUT2D eigenvalue weighted by Crippen LogP contribution is -2.14. The molecule has 3 rings (SSSR count). The molecule has 0 aliphatic heterocycles. The van der Waals surface area contributed by atoms with Gasteiger partial charge in [-0.15, -0.1) is 11.8 Å². The van der Waals surface area contributed by atoms with E-state index in [9.17, 15) is 4.79 Å². The van der Waals surface area contributed by atoms with E-state index in [0.717, 1.165) is 15.8 Å². The molecule has 4 nitrogen and oxygen atoms in total. The van der Waals surface area contributed by atoms with Crippen molar-refractivity contribution >= 4 is 34.3 Å². The second kappa shape index (κ2) is 6.58. The predicted octanol–water partition coefficient (Wildman–Crippen LogP) is 3.91. The molecule has 0 fully saturated rings. The topological polar surface area (TPSA) is 54.1 Å². The van der Waals surface area contributed by atoms with E-state index in [-0.39, 0.29) is 5.91 Å². The number of hydrogen-bond acceptors (Lipinski definition) is 3. The van der Waals surface area contributed by atoms with E-state index in [4.69, 9.17) is 4.74 Å². The standard InChI is InChI=1S/C17H16N2O2S/c1-21-15-9-5-4-8-14(15)19-17(20)11-22-16-10-18-13-7-3-2-6-12(13)16/h2-10,18H,11H2,1H3,(H,19,20). The molecule has 3 aromatic rings. The number of carbonyl (C=O) groups excluding carboxylic acids is 1. The first-order chi connectivity index (χ1) is 10.8. The number of benzene rings is 2. The fraction of sp³-hybridized carbons (Fsp3) is 0.118. The highest BCUT2D eigenvalue weighted by Gasteiger charge is 2.09. The molecule has 0 aliphatic rings. The maximum atomic E-state index is 12.1. The van der Waals surface area contributed by atoms with Gasteiger partial charge in [-0.2, -0.15) is 0 Å². The Morgan fingerprint density at radius 2 is 1.95 bits per heavy atom. The quantitative estimate of drug-likeness (QED) is 0.702. The fourth-order valence-electron chi connectivity index (χ4n) is 2.24. The van der Waals surface area contributed by atoms with Gasteiger partial charge in [0.25, 0.3) is 0 Å². The number of rotatable bonds is 5. The van der Waals surface area contributed by atoms with Gasteiger partial charge in [-0.25, -0.2) is 0 Å². The van der Waals surface area contributed by atoms with Crippen LogP contribution in [0.5, 0.6) is 5.75 Å². The van der Waals surface area contributed by atoms with E-state index in [2.05, 4.69) is 10.3 Å². The van der Waals surface area contributed by atoms with Crippen LogP contribution in [0, 0.1) is 0 Å². The van der Waals surface area contributed by atoms with Gasteiger partial charge in [-0.05, 0) is 18.2 Å². The first-order valence-electron chi connectivity index (χ1n) is 6.89. The van der Waals surface area contributed by atoms with Crippen LogP contribution >= 0.6 is 11.8 Å². The van der Waals surface area contributed by atoms with Crippen molar-refractivity contribution in [3.63, 3.8) is 0 Å². The summed E-state index contributed by atoms with van der Waals surface area (Å²) in [5.74, 6) is 0.951. The van der Waals surface area contributed by atoms with Crippen molar-refractivity contribution in [2.24, 2.45) is 0 Å². The highest BCUT2D eigenvalue weighted by atomic mass is 32.2. The summed E-state index contributed by atoms with van der Waals surface area (Å²) in [6.07, 6.45) is 1.94. The van der Waals surface area contributed by atoms with Gasteiger partial charge in [-0.3, -0.25) is 4.79 Å². The third-order valence-electron chi connectivity index (χ3n) is 3.29. The molecule has 0 unspecified atom stereocenters. The molecule has 22 heavy (non-hydrogen) atoms. The van der Waals surface area contributed by atoms with Crippen molar-refractivity contribution < 1.29 is 9.53 Å². The smallest absolute Gasteiger partial charge is 0.234 e. The molecule has 0 saturated carbocycles. The minimum Gasteiger partial charge on any atom is -0.495 e. The average molecular weight is 312 g/mol. The molecule has 2 aromatic carbocycles. The molecular weight excluding hydrogens is 296 g/mol. The summed E-state index contributed by atoms with van der Waals surface area (Å²) in [5.41, 5.74) is 1.77. The Labute approximate surface area is 132 Å². The summed E-state index contributed by atoms with van der Waals surface area (Å²) in [6, 6.07) is 15.4. The summed E-state index contributed by atoms with van der Waals surface area (Å²) in [5, 5.41) is 4.01. The van der Waals surface area contributed by atoms with Crippen LogP contribution in [0.15, 0.2) is 59.6 Å². The van der Waals surface area contributed by atoms with Crippen molar-refractivity contribution in [1.82, 2.24) is 4.98 Å². The highest BCUT2D eigenvalue weighted by Crippen LogP contribution is 2.28. The Morgan fingerprint density at radius 1 is 1.18 bits per heavy atom. The van der Waals surface area contributed by atoms with Gasteiger partial charge >= 0.3 is 0 Å². The Balaban J connectivity index is 1.65. The lowest BCUT2D eigenvalue weighted by atomic mass is 10.2. The number of anilines is 1.